The summed E-state index contributed by atoms with van der Waals surface area (Å²) in [6.07, 6.45) is 1.42. The van der Waals surface area contributed by atoms with Crippen molar-refractivity contribution in [1.29, 1.82) is 0 Å². The van der Waals surface area contributed by atoms with Crippen LogP contribution in [0.15, 0.2) is 12.2 Å². The fourth-order valence-electron chi connectivity index (χ4n) is 2.93. The smallest absolute Gasteiger partial charge is 0.299 e. The molecule has 0 saturated heterocycles. The molecular weight excluding hydrogens is 290 g/mol. The molecule has 2 rings (SSSR count). The van der Waals surface area contributed by atoms with Crippen LogP contribution in [-0.2, 0) is 9.59 Å². The first-order valence-electron chi connectivity index (χ1n) is 5.91. The minimum Gasteiger partial charge on any atom is -0.299 e. The summed E-state index contributed by atoms with van der Waals surface area (Å²) in [5.41, 5.74) is 0. The Labute approximate surface area is 116 Å². The van der Waals surface area contributed by atoms with E-state index in [1.165, 1.54) is 6.08 Å². The van der Waals surface area contributed by atoms with Crippen molar-refractivity contribution in [3.63, 3.8) is 0 Å². The van der Waals surface area contributed by atoms with Crippen LogP contribution in [-0.4, -0.2) is 32.1 Å². The number of nitro groups is 3. The Hall–Kier alpha value is -2.72. The van der Waals surface area contributed by atoms with E-state index in [1.54, 1.807) is 0 Å². The highest BCUT2D eigenvalue weighted by Gasteiger charge is 2.79. The molecule has 2 aliphatic carbocycles. The van der Waals surface area contributed by atoms with Crippen molar-refractivity contribution in [1.82, 2.24) is 0 Å². The van der Waals surface area contributed by atoms with Gasteiger partial charge in [-0.1, -0.05) is 6.08 Å². The van der Waals surface area contributed by atoms with Crippen LogP contribution in [0.4, 0.5) is 0 Å². The van der Waals surface area contributed by atoms with Gasteiger partial charge < -0.3 is 0 Å². The SMILES string of the molecule is O=C1CC(C([N+](=O)[O-])([N+](=O)[O-])[N+](=O)[O-])C2CC1C=CC2=O. The van der Waals surface area contributed by atoms with Gasteiger partial charge in [0.25, 0.3) is 0 Å². The maximum atomic E-state index is 11.8. The van der Waals surface area contributed by atoms with Crippen LogP contribution in [0.1, 0.15) is 12.8 Å². The minimum atomic E-state index is -3.79. The van der Waals surface area contributed by atoms with Crippen molar-refractivity contribution in [3.8, 4) is 0 Å². The molecule has 1 fully saturated rings. The lowest BCUT2D eigenvalue weighted by atomic mass is 9.66. The van der Waals surface area contributed by atoms with Gasteiger partial charge in [-0.15, -0.1) is 0 Å². The summed E-state index contributed by atoms with van der Waals surface area (Å²) in [5.74, 6) is -8.88. The molecule has 3 atom stereocenters. The largest absolute Gasteiger partial charge is 0.703 e. The summed E-state index contributed by atoms with van der Waals surface area (Å²) < 4.78 is 0. The molecule has 0 N–H and O–H groups in total. The lowest BCUT2D eigenvalue weighted by Gasteiger charge is -2.33. The average Bonchev–Trinajstić information content (AvgIpc) is 2.36. The minimum absolute atomic E-state index is 0.171. The Balaban J connectivity index is 2.60. The predicted octanol–water partition coefficient (Wildman–Crippen LogP) is -0.179. The van der Waals surface area contributed by atoms with E-state index in [4.69, 9.17) is 0 Å². The van der Waals surface area contributed by atoms with Crippen molar-refractivity contribution in [2.24, 2.45) is 17.8 Å². The number of hydrogen-bond donors (Lipinski definition) is 0. The van der Waals surface area contributed by atoms with Gasteiger partial charge in [0.1, 0.15) is 5.78 Å². The predicted molar refractivity (Wildman–Crippen MR) is 62.6 cm³/mol. The van der Waals surface area contributed by atoms with Gasteiger partial charge in [-0.3, -0.25) is 39.9 Å². The van der Waals surface area contributed by atoms with Crippen LogP contribution >= 0.6 is 0 Å². The maximum Gasteiger partial charge on any atom is 0.703 e. The molecule has 0 amide bonds. The van der Waals surface area contributed by atoms with E-state index in [1.807, 2.05) is 0 Å². The zero-order chi connectivity index (χ0) is 15.9. The lowest BCUT2D eigenvalue weighted by Crippen LogP contribution is -2.63. The Morgan fingerprint density at radius 3 is 2.05 bits per heavy atom. The highest BCUT2D eigenvalue weighted by Crippen LogP contribution is 2.43. The van der Waals surface area contributed by atoms with Gasteiger partial charge in [-0.05, 0) is 12.5 Å². The Morgan fingerprint density at radius 2 is 1.57 bits per heavy atom. The van der Waals surface area contributed by atoms with Crippen molar-refractivity contribution < 1.29 is 24.4 Å². The van der Waals surface area contributed by atoms with Crippen LogP contribution in [0.5, 0.6) is 0 Å². The van der Waals surface area contributed by atoms with E-state index in [0.29, 0.717) is 0 Å². The van der Waals surface area contributed by atoms with E-state index < -0.39 is 56.3 Å². The molecule has 3 unspecified atom stereocenters. The summed E-state index contributed by atoms with van der Waals surface area (Å²) in [6.45, 7) is 0. The highest BCUT2D eigenvalue weighted by molar-refractivity contribution is 5.98. The molecule has 11 nitrogen and oxygen atoms in total. The number of nitrogens with zero attached hydrogens (tertiary/aromatic N) is 3. The number of rotatable bonds is 4. The fraction of sp³-hybridized carbons (Fsp3) is 0.600. The summed E-state index contributed by atoms with van der Waals surface area (Å²) in [7, 11) is 0. The molecule has 0 aromatic carbocycles. The molecule has 0 aromatic heterocycles. The molecule has 0 spiro atoms. The first-order valence-corrected chi connectivity index (χ1v) is 5.91. The van der Waals surface area contributed by atoms with Gasteiger partial charge in [-0.25, -0.2) is 0 Å². The molecule has 0 heterocycles. The van der Waals surface area contributed by atoms with Crippen molar-refractivity contribution in [3.05, 3.63) is 42.5 Å². The highest BCUT2D eigenvalue weighted by atomic mass is 16.7. The Morgan fingerprint density at radius 1 is 1.05 bits per heavy atom. The molecular formula is C10H9N3O8. The quantitative estimate of drug-likeness (QED) is 0.391. The molecule has 11 heteroatoms. The van der Waals surface area contributed by atoms with E-state index >= 15 is 0 Å². The van der Waals surface area contributed by atoms with Crippen LogP contribution in [0.3, 0.4) is 0 Å². The second kappa shape index (κ2) is 4.68. The number of carbonyl (C=O) groups excluding carboxylic acids is 2. The topological polar surface area (TPSA) is 164 Å². The molecule has 2 aliphatic rings. The third-order valence-corrected chi connectivity index (χ3v) is 3.99. The number of fused-ring (bicyclic) bond motifs is 2. The second-order valence-electron chi connectivity index (χ2n) is 4.95. The Bertz CT molecular complexity index is 561. The number of carbonyl (C=O) groups is 2. The molecule has 0 aromatic rings. The van der Waals surface area contributed by atoms with Crippen LogP contribution < -0.4 is 0 Å². The van der Waals surface area contributed by atoms with Gasteiger partial charge in [0.2, 0.25) is 0 Å². The van der Waals surface area contributed by atoms with E-state index in [2.05, 4.69) is 0 Å². The fourth-order valence-corrected chi connectivity index (χ4v) is 2.93. The van der Waals surface area contributed by atoms with Crippen molar-refractivity contribution in [2.45, 2.75) is 18.6 Å². The third-order valence-electron chi connectivity index (χ3n) is 3.99. The second-order valence-corrected chi connectivity index (χ2v) is 4.95. The normalized spacial score (nSPS) is 28.3. The number of ketones is 2. The monoisotopic (exact) mass is 299 g/mol. The van der Waals surface area contributed by atoms with Gasteiger partial charge in [0.05, 0.1) is 0 Å². The summed E-state index contributed by atoms with van der Waals surface area (Å²) in [6, 6.07) is 0. The van der Waals surface area contributed by atoms with Crippen molar-refractivity contribution in [2.75, 3.05) is 0 Å². The summed E-state index contributed by atoms with van der Waals surface area (Å²) >= 11 is 0. The maximum absolute atomic E-state index is 11.8. The molecule has 2 bridgehead atoms. The molecule has 1 saturated carbocycles. The zero-order valence-electron chi connectivity index (χ0n) is 10.4. The number of allylic oxidation sites excluding steroid dienone is 2. The van der Waals surface area contributed by atoms with Gasteiger partial charge in [-0.2, -0.15) is 0 Å². The molecule has 112 valence electrons. The van der Waals surface area contributed by atoms with Crippen molar-refractivity contribution >= 4 is 11.6 Å². The summed E-state index contributed by atoms with van der Waals surface area (Å²) in [4.78, 5) is 51.9. The first-order chi connectivity index (χ1) is 9.72. The molecule has 0 aliphatic heterocycles. The molecule has 21 heavy (non-hydrogen) atoms. The van der Waals surface area contributed by atoms with E-state index in [9.17, 15) is 39.9 Å². The third kappa shape index (κ3) is 1.88. The van der Waals surface area contributed by atoms with Crippen LogP contribution in [0, 0.1) is 48.1 Å². The van der Waals surface area contributed by atoms with E-state index in [0.717, 1.165) is 6.08 Å². The van der Waals surface area contributed by atoms with Crippen LogP contribution in [0.25, 0.3) is 0 Å². The standard InChI is InChI=1S/C10H9N3O8/c14-8-2-1-5-3-6(8)7(4-9(5)15)10(11(16)17,12(18)19)13(20)21/h1-2,5-7H,3-4H2. The average molecular weight is 299 g/mol. The van der Waals surface area contributed by atoms with Gasteiger partial charge in [0, 0.05) is 18.3 Å². The van der Waals surface area contributed by atoms with Gasteiger partial charge >= 0.3 is 5.79 Å². The van der Waals surface area contributed by atoms with E-state index in [-0.39, 0.29) is 6.42 Å². The number of Topliss-reactive ketones (excluding diaryl/α,β-unsaturated/α-hetero) is 1. The van der Waals surface area contributed by atoms with Crippen LogP contribution in [0.2, 0.25) is 0 Å². The zero-order valence-corrected chi connectivity index (χ0v) is 10.4. The summed E-state index contributed by atoms with van der Waals surface area (Å²) in [5, 5.41) is 33.2. The Kier molecular flexibility index (Phi) is 3.27. The number of hydrogen-bond acceptors (Lipinski definition) is 8. The van der Waals surface area contributed by atoms with Gasteiger partial charge in [0.15, 0.2) is 26.5 Å². The molecule has 0 radical (unpaired) electrons. The lowest BCUT2D eigenvalue weighted by molar-refractivity contribution is -0.979. The first kappa shape index (κ1) is 14.7.